The molecule has 8 nitrogen and oxygen atoms in total. The number of primary amides is 1. The number of rotatable bonds is 3. The van der Waals surface area contributed by atoms with Crippen LogP contribution in [-0.2, 0) is 4.79 Å². The van der Waals surface area contributed by atoms with E-state index in [4.69, 9.17) is 5.73 Å². The highest BCUT2D eigenvalue weighted by Gasteiger charge is 2.26. The zero-order valence-corrected chi connectivity index (χ0v) is 11.3. The van der Waals surface area contributed by atoms with Crippen LogP contribution in [0.3, 0.4) is 0 Å². The van der Waals surface area contributed by atoms with Gasteiger partial charge in [-0.1, -0.05) is 0 Å². The second-order valence-corrected chi connectivity index (χ2v) is 4.91. The van der Waals surface area contributed by atoms with Gasteiger partial charge in [-0.2, -0.15) is 9.97 Å². The first-order valence-electron chi connectivity index (χ1n) is 6.62. The van der Waals surface area contributed by atoms with Crippen LogP contribution in [-0.4, -0.2) is 46.0 Å². The van der Waals surface area contributed by atoms with Crippen molar-refractivity contribution in [2.24, 2.45) is 11.7 Å². The number of carbonyl (C=O) groups excluding carboxylic acids is 1. The molecular formula is C12H17N7O. The topological polar surface area (TPSA) is 113 Å². The molecule has 1 saturated heterocycles. The number of aromatic amines is 1. The highest BCUT2D eigenvalue weighted by atomic mass is 16.1. The Bertz CT molecular complexity index is 638. The number of anilines is 2. The molecule has 0 radical (unpaired) electrons. The van der Waals surface area contributed by atoms with Crippen molar-refractivity contribution < 1.29 is 4.79 Å². The number of nitrogens with two attached hydrogens (primary N) is 1. The van der Waals surface area contributed by atoms with Crippen LogP contribution in [0.15, 0.2) is 6.33 Å². The number of carbonyl (C=O) groups is 1. The largest absolute Gasteiger partial charge is 0.369 e. The molecular weight excluding hydrogens is 258 g/mol. The molecule has 3 rings (SSSR count). The Hall–Kier alpha value is -2.38. The summed E-state index contributed by atoms with van der Waals surface area (Å²) in [6, 6.07) is 0. The summed E-state index contributed by atoms with van der Waals surface area (Å²) >= 11 is 0. The van der Waals surface area contributed by atoms with Gasteiger partial charge in [-0.15, -0.1) is 0 Å². The van der Waals surface area contributed by atoms with E-state index in [1.165, 1.54) is 0 Å². The molecule has 1 atom stereocenters. The lowest BCUT2D eigenvalue weighted by atomic mass is 9.97. The maximum atomic E-state index is 11.4. The number of fused-ring (bicyclic) bond motifs is 1. The minimum absolute atomic E-state index is 0.130. The second kappa shape index (κ2) is 4.95. The first-order chi connectivity index (χ1) is 9.69. The normalized spacial score (nSPS) is 19.2. The summed E-state index contributed by atoms with van der Waals surface area (Å²) in [7, 11) is 1.76. The third-order valence-corrected chi connectivity index (χ3v) is 3.61. The number of nitrogens with one attached hydrogen (secondary N) is 2. The lowest BCUT2D eigenvalue weighted by molar-refractivity contribution is -0.122. The quantitative estimate of drug-likeness (QED) is 0.732. The fraction of sp³-hybridized carbons (Fsp3) is 0.500. The zero-order chi connectivity index (χ0) is 14.1. The molecule has 2 aromatic heterocycles. The molecule has 8 heteroatoms. The zero-order valence-electron chi connectivity index (χ0n) is 11.3. The van der Waals surface area contributed by atoms with Gasteiger partial charge in [0.2, 0.25) is 11.9 Å². The van der Waals surface area contributed by atoms with E-state index in [0.29, 0.717) is 18.1 Å². The first kappa shape index (κ1) is 12.6. The summed E-state index contributed by atoms with van der Waals surface area (Å²) < 4.78 is 0. The monoisotopic (exact) mass is 275 g/mol. The minimum atomic E-state index is -0.251. The Morgan fingerprint density at radius 3 is 3.15 bits per heavy atom. The van der Waals surface area contributed by atoms with Gasteiger partial charge in [0.1, 0.15) is 5.52 Å². The van der Waals surface area contributed by atoms with Crippen molar-refractivity contribution >= 4 is 28.8 Å². The van der Waals surface area contributed by atoms with Crippen molar-refractivity contribution in [2.75, 3.05) is 30.4 Å². The Labute approximate surface area is 115 Å². The molecule has 0 aromatic carbocycles. The highest BCUT2D eigenvalue weighted by molar-refractivity contribution is 5.85. The molecule has 1 amide bonds. The molecule has 3 heterocycles. The number of piperidine rings is 1. The number of nitrogens with zero attached hydrogens (tertiary/aromatic N) is 4. The number of hydrogen-bond donors (Lipinski definition) is 3. The third kappa shape index (κ3) is 2.13. The number of amides is 1. The van der Waals surface area contributed by atoms with Crippen LogP contribution in [0, 0.1) is 5.92 Å². The number of H-pyrrole nitrogens is 1. The van der Waals surface area contributed by atoms with Crippen LogP contribution in [0.2, 0.25) is 0 Å². The predicted octanol–water partition coefficient (Wildman–Crippen LogP) is 0.0963. The Morgan fingerprint density at radius 2 is 2.40 bits per heavy atom. The maximum absolute atomic E-state index is 11.4. The average molecular weight is 275 g/mol. The lowest BCUT2D eigenvalue weighted by Crippen LogP contribution is -2.41. The molecule has 20 heavy (non-hydrogen) atoms. The summed E-state index contributed by atoms with van der Waals surface area (Å²) in [5, 5.41) is 2.93. The molecule has 1 aliphatic heterocycles. The summed E-state index contributed by atoms with van der Waals surface area (Å²) in [6.45, 7) is 1.43. The smallest absolute Gasteiger partial charge is 0.226 e. The van der Waals surface area contributed by atoms with E-state index < -0.39 is 0 Å². The van der Waals surface area contributed by atoms with Gasteiger partial charge < -0.3 is 20.9 Å². The van der Waals surface area contributed by atoms with Gasteiger partial charge in [-0.3, -0.25) is 4.79 Å². The van der Waals surface area contributed by atoms with E-state index in [1.807, 2.05) is 0 Å². The molecule has 0 aliphatic carbocycles. The molecule has 0 bridgehead atoms. The maximum Gasteiger partial charge on any atom is 0.226 e. The lowest BCUT2D eigenvalue weighted by Gasteiger charge is -2.32. The summed E-state index contributed by atoms with van der Waals surface area (Å²) in [6.07, 6.45) is 3.35. The molecule has 1 unspecified atom stereocenters. The van der Waals surface area contributed by atoms with Gasteiger partial charge in [0, 0.05) is 20.1 Å². The summed E-state index contributed by atoms with van der Waals surface area (Å²) in [4.78, 5) is 29.5. The molecule has 2 aromatic rings. The second-order valence-electron chi connectivity index (χ2n) is 4.91. The van der Waals surface area contributed by atoms with E-state index in [2.05, 4.69) is 30.2 Å². The van der Waals surface area contributed by atoms with E-state index >= 15 is 0 Å². The average Bonchev–Trinajstić information content (AvgIpc) is 2.94. The molecule has 0 saturated carbocycles. The van der Waals surface area contributed by atoms with Crippen molar-refractivity contribution in [1.82, 2.24) is 19.9 Å². The Balaban J connectivity index is 2.00. The van der Waals surface area contributed by atoms with E-state index in [9.17, 15) is 4.79 Å². The van der Waals surface area contributed by atoms with Gasteiger partial charge in [0.05, 0.1) is 12.2 Å². The summed E-state index contributed by atoms with van der Waals surface area (Å²) in [5.74, 6) is 0.900. The standard InChI is InChI=1S/C12H17N7O/c1-14-12-17-10-8(15-6-16-10)11(18-12)19-4-2-3-7(5-19)9(13)20/h6-7H,2-5H2,1H3,(H2,13,20)(H2,14,15,16,17,18). The molecule has 0 spiro atoms. The van der Waals surface area contributed by atoms with Gasteiger partial charge in [-0.25, -0.2) is 4.98 Å². The van der Waals surface area contributed by atoms with Crippen LogP contribution in [0.4, 0.5) is 11.8 Å². The molecule has 1 aliphatic rings. The Kier molecular flexibility index (Phi) is 3.13. The minimum Gasteiger partial charge on any atom is -0.369 e. The van der Waals surface area contributed by atoms with Crippen LogP contribution in [0.25, 0.3) is 11.2 Å². The SMILES string of the molecule is CNc1nc(N2CCCC(C(N)=O)C2)c2[nH]cnc2n1. The van der Waals surface area contributed by atoms with E-state index in [0.717, 1.165) is 30.7 Å². The number of imidazole rings is 1. The van der Waals surface area contributed by atoms with Crippen molar-refractivity contribution in [3.63, 3.8) is 0 Å². The fourth-order valence-corrected chi connectivity index (χ4v) is 2.56. The van der Waals surface area contributed by atoms with Crippen LogP contribution in [0.5, 0.6) is 0 Å². The van der Waals surface area contributed by atoms with Crippen molar-refractivity contribution in [1.29, 1.82) is 0 Å². The third-order valence-electron chi connectivity index (χ3n) is 3.61. The van der Waals surface area contributed by atoms with Crippen LogP contribution in [0.1, 0.15) is 12.8 Å². The predicted molar refractivity (Wildman–Crippen MR) is 75.4 cm³/mol. The van der Waals surface area contributed by atoms with E-state index in [-0.39, 0.29) is 11.8 Å². The molecule has 4 N–H and O–H groups in total. The van der Waals surface area contributed by atoms with Gasteiger partial charge in [0.25, 0.3) is 0 Å². The van der Waals surface area contributed by atoms with Crippen LogP contribution < -0.4 is 16.0 Å². The van der Waals surface area contributed by atoms with Gasteiger partial charge in [-0.05, 0) is 12.8 Å². The summed E-state index contributed by atoms with van der Waals surface area (Å²) in [5.41, 5.74) is 6.82. The molecule has 106 valence electrons. The van der Waals surface area contributed by atoms with E-state index in [1.54, 1.807) is 13.4 Å². The highest BCUT2D eigenvalue weighted by Crippen LogP contribution is 2.27. The number of aromatic nitrogens is 4. The molecule has 1 fully saturated rings. The fourth-order valence-electron chi connectivity index (χ4n) is 2.56. The van der Waals surface area contributed by atoms with Gasteiger partial charge >= 0.3 is 0 Å². The Morgan fingerprint density at radius 1 is 1.55 bits per heavy atom. The van der Waals surface area contributed by atoms with Crippen LogP contribution >= 0.6 is 0 Å². The van der Waals surface area contributed by atoms with Crippen molar-refractivity contribution in [3.8, 4) is 0 Å². The number of hydrogen-bond acceptors (Lipinski definition) is 6. The van der Waals surface area contributed by atoms with Gasteiger partial charge in [0.15, 0.2) is 11.5 Å². The van der Waals surface area contributed by atoms with Crippen molar-refractivity contribution in [3.05, 3.63) is 6.33 Å². The first-order valence-corrected chi connectivity index (χ1v) is 6.62. The van der Waals surface area contributed by atoms with Crippen molar-refractivity contribution in [2.45, 2.75) is 12.8 Å².